The molecule has 5 nitrogen and oxygen atoms in total. The molecule has 0 amide bonds. The van der Waals surface area contributed by atoms with Crippen LogP contribution in [0, 0.1) is 12.7 Å². The maximum absolute atomic E-state index is 13.6. The van der Waals surface area contributed by atoms with Crippen LogP contribution in [0.4, 0.5) is 10.1 Å². The quantitative estimate of drug-likeness (QED) is 0.540. The fraction of sp³-hybridized carbons (Fsp3) is 0.174. The number of sulfonamides is 1. The second-order valence-corrected chi connectivity index (χ2v) is 8.68. The topological polar surface area (TPSA) is 83.5 Å². The van der Waals surface area contributed by atoms with Crippen molar-refractivity contribution in [3.8, 4) is 0 Å². The SMILES string of the molecule is Cc1ccc(F)cc1S(=O)(=O)Nc1ccccc1CCCc1cccc(C(=O)O)c1. The maximum atomic E-state index is 13.6. The first kappa shape index (κ1) is 21.5. The number of carboxylic acid groups (broad SMARTS) is 1. The van der Waals surface area contributed by atoms with E-state index in [0.29, 0.717) is 30.5 Å². The smallest absolute Gasteiger partial charge is 0.335 e. The number of benzene rings is 3. The van der Waals surface area contributed by atoms with Gasteiger partial charge in [0.1, 0.15) is 5.82 Å². The van der Waals surface area contributed by atoms with Gasteiger partial charge in [-0.05, 0) is 73.2 Å². The number of carboxylic acids is 1. The van der Waals surface area contributed by atoms with E-state index in [1.165, 1.54) is 12.1 Å². The highest BCUT2D eigenvalue weighted by Gasteiger charge is 2.19. The first-order chi connectivity index (χ1) is 14.3. The average Bonchev–Trinajstić information content (AvgIpc) is 2.71. The van der Waals surface area contributed by atoms with Gasteiger partial charge in [0.15, 0.2) is 0 Å². The molecule has 30 heavy (non-hydrogen) atoms. The molecule has 0 aliphatic heterocycles. The summed E-state index contributed by atoms with van der Waals surface area (Å²) in [6.07, 6.45) is 1.96. The van der Waals surface area contributed by atoms with Gasteiger partial charge in [-0.1, -0.05) is 36.4 Å². The molecule has 0 fully saturated rings. The normalized spacial score (nSPS) is 11.3. The summed E-state index contributed by atoms with van der Waals surface area (Å²) in [6.45, 7) is 1.62. The lowest BCUT2D eigenvalue weighted by atomic mass is 10.0. The van der Waals surface area contributed by atoms with E-state index in [9.17, 15) is 17.6 Å². The van der Waals surface area contributed by atoms with Crippen LogP contribution in [0.2, 0.25) is 0 Å². The van der Waals surface area contributed by atoms with Crippen LogP contribution in [0.15, 0.2) is 71.6 Å². The largest absolute Gasteiger partial charge is 0.478 e. The zero-order chi connectivity index (χ0) is 21.7. The third-order valence-corrected chi connectivity index (χ3v) is 6.29. The number of para-hydroxylation sites is 1. The molecular weight excluding hydrogens is 405 g/mol. The highest BCUT2D eigenvalue weighted by Crippen LogP contribution is 2.24. The predicted octanol–water partition coefficient (Wildman–Crippen LogP) is 4.81. The number of hydrogen-bond acceptors (Lipinski definition) is 3. The molecule has 2 N–H and O–H groups in total. The van der Waals surface area contributed by atoms with Crippen molar-refractivity contribution in [1.82, 2.24) is 0 Å². The number of nitrogens with one attached hydrogen (secondary N) is 1. The van der Waals surface area contributed by atoms with E-state index < -0.39 is 21.8 Å². The molecule has 0 spiro atoms. The Labute approximate surface area is 175 Å². The van der Waals surface area contributed by atoms with Crippen molar-refractivity contribution < 1.29 is 22.7 Å². The highest BCUT2D eigenvalue weighted by atomic mass is 32.2. The summed E-state index contributed by atoms with van der Waals surface area (Å²) in [5.41, 5.74) is 2.86. The van der Waals surface area contributed by atoms with Crippen molar-refractivity contribution in [3.05, 3.63) is 94.8 Å². The fourth-order valence-electron chi connectivity index (χ4n) is 3.24. The van der Waals surface area contributed by atoms with Crippen molar-refractivity contribution in [1.29, 1.82) is 0 Å². The first-order valence-corrected chi connectivity index (χ1v) is 10.9. The summed E-state index contributed by atoms with van der Waals surface area (Å²) in [5, 5.41) is 9.10. The average molecular weight is 427 g/mol. The van der Waals surface area contributed by atoms with Gasteiger partial charge in [0.05, 0.1) is 16.1 Å². The minimum atomic E-state index is -3.94. The van der Waals surface area contributed by atoms with Gasteiger partial charge in [-0.3, -0.25) is 4.72 Å². The van der Waals surface area contributed by atoms with E-state index in [1.807, 2.05) is 18.2 Å². The number of anilines is 1. The lowest BCUT2D eigenvalue weighted by Gasteiger charge is -2.14. The standard InChI is InChI=1S/C23H22FNO4S/c1-16-12-13-20(24)15-22(16)30(28,29)25-21-11-3-2-8-18(21)9-4-6-17-7-5-10-19(14-17)23(26)27/h2-3,5,7-8,10-15,25H,4,6,9H2,1H3,(H,26,27). The zero-order valence-corrected chi connectivity index (χ0v) is 17.2. The Hall–Kier alpha value is -3.19. The summed E-state index contributed by atoms with van der Waals surface area (Å²) >= 11 is 0. The Balaban J connectivity index is 1.74. The van der Waals surface area contributed by atoms with E-state index in [-0.39, 0.29) is 10.5 Å². The lowest BCUT2D eigenvalue weighted by Crippen LogP contribution is -2.15. The monoisotopic (exact) mass is 427 g/mol. The molecular formula is C23H22FNO4S. The molecule has 3 rings (SSSR count). The van der Waals surface area contributed by atoms with Crippen LogP contribution in [0.3, 0.4) is 0 Å². The molecule has 0 aliphatic rings. The third-order valence-electron chi connectivity index (χ3n) is 4.79. The van der Waals surface area contributed by atoms with Crippen LogP contribution in [-0.4, -0.2) is 19.5 Å². The minimum Gasteiger partial charge on any atom is -0.478 e. The molecule has 0 radical (unpaired) electrons. The molecule has 0 aliphatic carbocycles. The summed E-state index contributed by atoms with van der Waals surface area (Å²) in [6, 6.07) is 17.5. The predicted molar refractivity (Wildman–Crippen MR) is 114 cm³/mol. The molecule has 156 valence electrons. The highest BCUT2D eigenvalue weighted by molar-refractivity contribution is 7.92. The van der Waals surface area contributed by atoms with Gasteiger partial charge in [0, 0.05) is 0 Å². The van der Waals surface area contributed by atoms with Crippen molar-refractivity contribution >= 4 is 21.7 Å². The van der Waals surface area contributed by atoms with Crippen LogP contribution in [0.5, 0.6) is 0 Å². The molecule has 0 bridgehead atoms. The summed E-state index contributed by atoms with van der Waals surface area (Å²) in [4.78, 5) is 11.0. The van der Waals surface area contributed by atoms with Gasteiger partial charge in [-0.2, -0.15) is 0 Å². The van der Waals surface area contributed by atoms with Crippen LogP contribution >= 0.6 is 0 Å². The van der Waals surface area contributed by atoms with E-state index in [4.69, 9.17) is 5.11 Å². The van der Waals surface area contributed by atoms with Gasteiger partial charge in [-0.15, -0.1) is 0 Å². The number of rotatable bonds is 8. The van der Waals surface area contributed by atoms with E-state index >= 15 is 0 Å². The Bertz CT molecular complexity index is 1180. The number of aromatic carboxylic acids is 1. The summed E-state index contributed by atoms with van der Waals surface area (Å²) in [7, 11) is -3.94. The zero-order valence-electron chi connectivity index (χ0n) is 16.4. The van der Waals surface area contributed by atoms with E-state index in [2.05, 4.69) is 4.72 Å². The second-order valence-electron chi connectivity index (χ2n) is 7.03. The molecule has 0 saturated carbocycles. The molecule has 3 aromatic rings. The molecule has 0 saturated heterocycles. The van der Waals surface area contributed by atoms with E-state index in [1.54, 1.807) is 37.3 Å². The maximum Gasteiger partial charge on any atom is 0.335 e. The molecule has 7 heteroatoms. The summed E-state index contributed by atoms with van der Waals surface area (Å²) in [5.74, 6) is -1.58. The minimum absolute atomic E-state index is 0.0946. The molecule has 3 aromatic carbocycles. The van der Waals surface area contributed by atoms with E-state index in [0.717, 1.165) is 17.2 Å². The molecule has 0 atom stereocenters. The Morgan fingerprint density at radius 2 is 1.77 bits per heavy atom. The lowest BCUT2D eigenvalue weighted by molar-refractivity contribution is 0.0696. The van der Waals surface area contributed by atoms with Gasteiger partial charge in [-0.25, -0.2) is 17.6 Å². The van der Waals surface area contributed by atoms with Crippen molar-refractivity contribution in [2.45, 2.75) is 31.1 Å². The fourth-order valence-corrected chi connectivity index (χ4v) is 4.60. The Morgan fingerprint density at radius 3 is 2.53 bits per heavy atom. The molecule has 0 heterocycles. The summed E-state index contributed by atoms with van der Waals surface area (Å²) < 4.78 is 41.7. The second kappa shape index (κ2) is 9.09. The Morgan fingerprint density at radius 1 is 1.00 bits per heavy atom. The number of carbonyl (C=O) groups is 1. The first-order valence-electron chi connectivity index (χ1n) is 9.45. The van der Waals surface area contributed by atoms with Gasteiger partial charge < -0.3 is 5.11 Å². The van der Waals surface area contributed by atoms with Crippen molar-refractivity contribution in [3.63, 3.8) is 0 Å². The van der Waals surface area contributed by atoms with Gasteiger partial charge in [0.2, 0.25) is 0 Å². The van der Waals surface area contributed by atoms with Crippen molar-refractivity contribution in [2.75, 3.05) is 4.72 Å². The molecule has 0 unspecified atom stereocenters. The van der Waals surface area contributed by atoms with Gasteiger partial charge in [0.25, 0.3) is 10.0 Å². The van der Waals surface area contributed by atoms with Crippen LogP contribution in [0.25, 0.3) is 0 Å². The number of aryl methyl sites for hydroxylation is 3. The van der Waals surface area contributed by atoms with Crippen LogP contribution < -0.4 is 4.72 Å². The Kier molecular flexibility index (Phi) is 6.52. The van der Waals surface area contributed by atoms with Crippen LogP contribution in [-0.2, 0) is 22.9 Å². The molecule has 0 aromatic heterocycles. The van der Waals surface area contributed by atoms with Crippen molar-refractivity contribution in [2.24, 2.45) is 0 Å². The number of hydrogen-bond donors (Lipinski definition) is 2. The third kappa shape index (κ3) is 5.24. The number of halogens is 1. The van der Waals surface area contributed by atoms with Crippen LogP contribution in [0.1, 0.15) is 33.5 Å². The van der Waals surface area contributed by atoms with Gasteiger partial charge >= 0.3 is 5.97 Å².